The molecule has 0 bridgehead atoms. The maximum atomic E-state index is 12.6. The van der Waals surface area contributed by atoms with E-state index in [0.29, 0.717) is 17.3 Å². The Bertz CT molecular complexity index is 741. The maximum absolute atomic E-state index is 12.6. The lowest BCUT2D eigenvalue weighted by molar-refractivity contribution is -0.131. The zero-order valence-electron chi connectivity index (χ0n) is 12.7. The molecular formula is C17H20N2O2S. The molecule has 1 aromatic heterocycles. The second-order valence-corrected chi connectivity index (χ2v) is 6.81. The van der Waals surface area contributed by atoms with Crippen molar-refractivity contribution in [1.29, 1.82) is 0 Å². The van der Waals surface area contributed by atoms with Crippen LogP contribution in [0.4, 0.5) is 0 Å². The van der Waals surface area contributed by atoms with Crippen molar-refractivity contribution in [3.05, 3.63) is 46.8 Å². The lowest BCUT2D eigenvalue weighted by Gasteiger charge is -2.24. The molecule has 3 rings (SSSR count). The number of para-hydroxylation sites is 1. The summed E-state index contributed by atoms with van der Waals surface area (Å²) in [6.45, 7) is 3.27. The fourth-order valence-electron chi connectivity index (χ4n) is 2.93. The van der Waals surface area contributed by atoms with Gasteiger partial charge in [0.25, 0.3) is 0 Å². The van der Waals surface area contributed by atoms with Gasteiger partial charge in [-0.15, -0.1) is 11.8 Å². The number of hydrogen-bond donors (Lipinski definition) is 0. The predicted octanol–water partition coefficient (Wildman–Crippen LogP) is 2.70. The van der Waals surface area contributed by atoms with E-state index < -0.39 is 0 Å². The first-order valence-electron chi connectivity index (χ1n) is 7.70. The van der Waals surface area contributed by atoms with Gasteiger partial charge in [-0.05, 0) is 18.6 Å². The Kier molecular flexibility index (Phi) is 4.52. The van der Waals surface area contributed by atoms with Crippen molar-refractivity contribution in [3.8, 4) is 0 Å². The summed E-state index contributed by atoms with van der Waals surface area (Å²) in [7, 11) is 0. The Morgan fingerprint density at radius 2 is 2.14 bits per heavy atom. The quantitative estimate of drug-likeness (QED) is 0.871. The minimum Gasteiger partial charge on any atom is -0.338 e. The van der Waals surface area contributed by atoms with Crippen LogP contribution in [0.3, 0.4) is 0 Å². The van der Waals surface area contributed by atoms with Gasteiger partial charge in [0.15, 0.2) is 5.43 Å². The molecule has 1 unspecified atom stereocenters. The summed E-state index contributed by atoms with van der Waals surface area (Å²) in [6, 6.07) is 8.99. The number of carbonyl (C=O) groups excluding carboxylic acids is 1. The fourth-order valence-corrected chi connectivity index (χ4v) is 4.31. The fraction of sp³-hybridized carbons (Fsp3) is 0.412. The van der Waals surface area contributed by atoms with Gasteiger partial charge in [0, 0.05) is 29.9 Å². The smallest absolute Gasteiger partial charge is 0.243 e. The first kappa shape index (κ1) is 15.2. The summed E-state index contributed by atoms with van der Waals surface area (Å²) < 4.78 is 1.88. The number of carbonyl (C=O) groups is 1. The maximum Gasteiger partial charge on any atom is 0.243 e. The van der Waals surface area contributed by atoms with Crippen LogP contribution in [0.1, 0.15) is 19.8 Å². The molecule has 2 heterocycles. The Labute approximate surface area is 134 Å². The van der Waals surface area contributed by atoms with E-state index in [-0.39, 0.29) is 11.3 Å². The Hall–Kier alpha value is -1.75. The van der Waals surface area contributed by atoms with Crippen LogP contribution >= 0.6 is 11.8 Å². The van der Waals surface area contributed by atoms with Crippen molar-refractivity contribution in [2.75, 3.05) is 12.3 Å². The minimum absolute atomic E-state index is 0.000105. The van der Waals surface area contributed by atoms with Gasteiger partial charge in [0.1, 0.15) is 6.54 Å². The van der Waals surface area contributed by atoms with Gasteiger partial charge in [-0.25, -0.2) is 0 Å². The van der Waals surface area contributed by atoms with Crippen LogP contribution in [0, 0.1) is 0 Å². The van der Waals surface area contributed by atoms with E-state index in [9.17, 15) is 9.59 Å². The van der Waals surface area contributed by atoms with E-state index in [0.717, 1.165) is 30.7 Å². The third-order valence-corrected chi connectivity index (χ3v) is 5.33. The van der Waals surface area contributed by atoms with E-state index in [1.54, 1.807) is 6.20 Å². The third kappa shape index (κ3) is 2.90. The van der Waals surface area contributed by atoms with Gasteiger partial charge in [0.2, 0.25) is 5.91 Å². The molecule has 0 saturated carbocycles. The van der Waals surface area contributed by atoms with E-state index in [1.165, 1.54) is 6.07 Å². The molecule has 0 spiro atoms. The summed E-state index contributed by atoms with van der Waals surface area (Å²) in [4.78, 5) is 26.5. The average molecular weight is 316 g/mol. The molecule has 1 aliphatic rings. The largest absolute Gasteiger partial charge is 0.338 e. The number of amides is 1. The van der Waals surface area contributed by atoms with Crippen molar-refractivity contribution in [1.82, 2.24) is 9.47 Å². The van der Waals surface area contributed by atoms with Crippen LogP contribution in [-0.4, -0.2) is 33.0 Å². The second kappa shape index (κ2) is 6.57. The number of rotatable bonds is 4. The molecule has 1 atom stereocenters. The molecule has 5 heteroatoms. The van der Waals surface area contributed by atoms with Crippen molar-refractivity contribution in [2.45, 2.75) is 31.7 Å². The molecule has 1 aromatic carbocycles. The highest BCUT2D eigenvalue weighted by Crippen LogP contribution is 2.27. The normalized spacial score (nSPS) is 18.0. The summed E-state index contributed by atoms with van der Waals surface area (Å²) >= 11 is 1.87. The van der Waals surface area contributed by atoms with Crippen molar-refractivity contribution < 1.29 is 4.79 Å². The number of nitrogens with zero attached hydrogens (tertiary/aromatic N) is 2. The first-order valence-corrected chi connectivity index (χ1v) is 8.75. The average Bonchev–Trinajstić information content (AvgIpc) is 2.99. The van der Waals surface area contributed by atoms with Crippen LogP contribution in [0.5, 0.6) is 0 Å². The van der Waals surface area contributed by atoms with Crippen molar-refractivity contribution in [3.63, 3.8) is 0 Å². The number of hydrogen-bond acceptors (Lipinski definition) is 3. The Morgan fingerprint density at radius 1 is 1.32 bits per heavy atom. The molecule has 1 amide bonds. The second-order valence-electron chi connectivity index (χ2n) is 5.53. The molecule has 0 aliphatic carbocycles. The summed E-state index contributed by atoms with van der Waals surface area (Å²) in [5, 5.41) is 0.974. The topological polar surface area (TPSA) is 42.3 Å². The monoisotopic (exact) mass is 316 g/mol. The number of fused-ring (bicyclic) bond motifs is 1. The van der Waals surface area contributed by atoms with Crippen molar-refractivity contribution >= 4 is 28.6 Å². The van der Waals surface area contributed by atoms with E-state index in [2.05, 4.69) is 6.92 Å². The number of aromatic nitrogens is 1. The Morgan fingerprint density at radius 3 is 2.95 bits per heavy atom. The van der Waals surface area contributed by atoms with Gasteiger partial charge < -0.3 is 9.47 Å². The van der Waals surface area contributed by atoms with Gasteiger partial charge in [-0.3, -0.25) is 9.59 Å². The highest BCUT2D eigenvalue weighted by Gasteiger charge is 2.28. The molecule has 1 saturated heterocycles. The minimum atomic E-state index is -0.000105. The first-order chi connectivity index (χ1) is 10.7. The lowest BCUT2D eigenvalue weighted by Crippen LogP contribution is -2.37. The van der Waals surface area contributed by atoms with Crippen molar-refractivity contribution in [2.24, 2.45) is 0 Å². The molecule has 2 aromatic rings. The van der Waals surface area contributed by atoms with E-state index in [1.807, 2.05) is 45.5 Å². The molecule has 116 valence electrons. The summed E-state index contributed by atoms with van der Waals surface area (Å²) in [5.41, 5.74) is 0.821. The van der Waals surface area contributed by atoms with E-state index >= 15 is 0 Å². The van der Waals surface area contributed by atoms with Crippen LogP contribution in [-0.2, 0) is 11.3 Å². The van der Waals surface area contributed by atoms with Gasteiger partial charge in [-0.1, -0.05) is 25.5 Å². The molecule has 0 radical (unpaired) electrons. The zero-order valence-corrected chi connectivity index (χ0v) is 13.5. The molecule has 1 fully saturated rings. The standard InChI is InChI=1S/C17H20N2O2S/c1-2-5-17-19(10-11-22-17)16(21)12-18-9-8-15(20)13-6-3-4-7-14(13)18/h3-4,6-9,17H,2,5,10-12H2,1H3. The summed E-state index contributed by atoms with van der Waals surface area (Å²) in [6.07, 6.45) is 3.85. The molecule has 4 nitrogen and oxygen atoms in total. The highest BCUT2D eigenvalue weighted by atomic mass is 32.2. The van der Waals surface area contributed by atoms with E-state index in [4.69, 9.17) is 0 Å². The lowest BCUT2D eigenvalue weighted by atomic mass is 10.2. The van der Waals surface area contributed by atoms with Crippen LogP contribution in [0.15, 0.2) is 41.3 Å². The molecule has 22 heavy (non-hydrogen) atoms. The molecule has 0 N–H and O–H groups in total. The number of thioether (sulfide) groups is 1. The van der Waals surface area contributed by atoms with Gasteiger partial charge >= 0.3 is 0 Å². The Balaban J connectivity index is 1.86. The van der Waals surface area contributed by atoms with Gasteiger partial charge in [0.05, 0.1) is 10.9 Å². The molecular weight excluding hydrogens is 296 g/mol. The number of pyridine rings is 1. The number of benzene rings is 1. The van der Waals surface area contributed by atoms with Crippen LogP contribution in [0.25, 0.3) is 10.9 Å². The zero-order chi connectivity index (χ0) is 15.5. The molecule has 1 aliphatic heterocycles. The predicted molar refractivity (Wildman–Crippen MR) is 91.1 cm³/mol. The highest BCUT2D eigenvalue weighted by molar-refractivity contribution is 8.00. The van der Waals surface area contributed by atoms with Crippen LogP contribution < -0.4 is 5.43 Å². The SMILES string of the molecule is CCCC1SCCN1C(=O)Cn1ccc(=O)c2ccccc21. The summed E-state index contributed by atoms with van der Waals surface area (Å²) in [5.74, 6) is 1.15. The third-order valence-electron chi connectivity index (χ3n) is 4.04. The van der Waals surface area contributed by atoms with Crippen LogP contribution in [0.2, 0.25) is 0 Å². The van der Waals surface area contributed by atoms with Gasteiger partial charge in [-0.2, -0.15) is 0 Å².